The Morgan fingerprint density at radius 1 is 0.812 bits per heavy atom. The standard InChI is InChI=1S/C22H36N4O6/c1-29-11-5-6-23-21(27)15-25-7-9-26(10-8-25)16-22(28)24-14-17-12-19(31-3)20(32-4)13-18(17)30-2/h12-13H,5-11,14-16H2,1-4H3,(H,23,27)(H,24,28). The Kier molecular flexibility index (Phi) is 11.1. The van der Waals surface area contributed by atoms with E-state index in [2.05, 4.69) is 20.4 Å². The van der Waals surface area contributed by atoms with Crippen LogP contribution in [0, 0.1) is 0 Å². The first kappa shape index (κ1) is 25.7. The van der Waals surface area contributed by atoms with E-state index in [0.29, 0.717) is 50.0 Å². The molecule has 2 rings (SSSR count). The Balaban J connectivity index is 1.73. The molecule has 1 aliphatic heterocycles. The lowest BCUT2D eigenvalue weighted by Crippen LogP contribution is -2.51. The summed E-state index contributed by atoms with van der Waals surface area (Å²) in [6.07, 6.45) is 0.806. The van der Waals surface area contributed by atoms with Gasteiger partial charge in [0.2, 0.25) is 11.8 Å². The van der Waals surface area contributed by atoms with Gasteiger partial charge in [0.15, 0.2) is 11.5 Å². The molecule has 1 aromatic rings. The number of hydrogen-bond donors (Lipinski definition) is 2. The Bertz CT molecular complexity index is 737. The van der Waals surface area contributed by atoms with Crippen molar-refractivity contribution in [2.24, 2.45) is 0 Å². The van der Waals surface area contributed by atoms with Crippen molar-refractivity contribution in [3.63, 3.8) is 0 Å². The summed E-state index contributed by atoms with van der Waals surface area (Å²) in [5, 5.41) is 5.84. The molecule has 0 radical (unpaired) electrons. The monoisotopic (exact) mass is 452 g/mol. The van der Waals surface area contributed by atoms with Gasteiger partial charge < -0.3 is 29.6 Å². The Hall–Kier alpha value is -2.56. The molecule has 0 unspecified atom stereocenters. The van der Waals surface area contributed by atoms with Crippen LogP contribution in [0.3, 0.4) is 0 Å². The summed E-state index contributed by atoms with van der Waals surface area (Å²) in [6, 6.07) is 3.55. The molecule has 32 heavy (non-hydrogen) atoms. The maximum Gasteiger partial charge on any atom is 0.234 e. The smallest absolute Gasteiger partial charge is 0.234 e. The summed E-state index contributed by atoms with van der Waals surface area (Å²) >= 11 is 0. The minimum atomic E-state index is -0.0637. The summed E-state index contributed by atoms with van der Waals surface area (Å²) in [7, 11) is 6.35. The third-order valence-corrected chi connectivity index (χ3v) is 5.31. The second-order valence-corrected chi connectivity index (χ2v) is 7.54. The molecule has 0 spiro atoms. The first-order chi connectivity index (χ1) is 15.5. The first-order valence-corrected chi connectivity index (χ1v) is 10.8. The number of ether oxygens (including phenoxy) is 4. The number of piperazine rings is 1. The highest BCUT2D eigenvalue weighted by molar-refractivity contribution is 5.78. The Morgan fingerprint density at radius 3 is 1.88 bits per heavy atom. The number of hydrogen-bond acceptors (Lipinski definition) is 8. The third-order valence-electron chi connectivity index (χ3n) is 5.31. The van der Waals surface area contributed by atoms with Crippen LogP contribution >= 0.6 is 0 Å². The van der Waals surface area contributed by atoms with Gasteiger partial charge in [-0.3, -0.25) is 19.4 Å². The lowest BCUT2D eigenvalue weighted by molar-refractivity contribution is -0.125. The Labute approximate surface area is 190 Å². The molecule has 1 saturated heterocycles. The minimum Gasteiger partial charge on any atom is -0.496 e. The molecule has 1 aliphatic rings. The molecule has 2 N–H and O–H groups in total. The number of carbonyl (C=O) groups excluding carboxylic acids is 2. The number of carbonyl (C=O) groups is 2. The van der Waals surface area contributed by atoms with Crippen molar-refractivity contribution in [2.75, 3.05) is 80.9 Å². The van der Waals surface area contributed by atoms with Gasteiger partial charge in [0, 0.05) is 64.6 Å². The predicted molar refractivity (Wildman–Crippen MR) is 120 cm³/mol. The van der Waals surface area contributed by atoms with Gasteiger partial charge in [0.05, 0.1) is 34.4 Å². The van der Waals surface area contributed by atoms with Gasteiger partial charge in [-0.05, 0) is 12.5 Å². The summed E-state index contributed by atoms with van der Waals surface area (Å²) in [5.74, 6) is 1.73. The molecular formula is C22H36N4O6. The summed E-state index contributed by atoms with van der Waals surface area (Å²) in [6.45, 7) is 5.26. The number of rotatable bonds is 13. The highest BCUT2D eigenvalue weighted by atomic mass is 16.5. The molecule has 10 nitrogen and oxygen atoms in total. The van der Waals surface area contributed by atoms with Crippen molar-refractivity contribution in [1.82, 2.24) is 20.4 Å². The molecule has 1 fully saturated rings. The van der Waals surface area contributed by atoms with Crippen LogP contribution in [0.25, 0.3) is 0 Å². The van der Waals surface area contributed by atoms with Gasteiger partial charge in [0.25, 0.3) is 0 Å². The maximum absolute atomic E-state index is 12.5. The highest BCUT2D eigenvalue weighted by Crippen LogP contribution is 2.34. The van der Waals surface area contributed by atoms with Crippen LogP contribution in [0.1, 0.15) is 12.0 Å². The van der Waals surface area contributed by atoms with E-state index in [1.807, 2.05) is 0 Å². The summed E-state index contributed by atoms with van der Waals surface area (Å²) in [4.78, 5) is 28.6. The number of amides is 2. The van der Waals surface area contributed by atoms with Crippen LogP contribution in [0.5, 0.6) is 17.2 Å². The Morgan fingerprint density at radius 2 is 1.34 bits per heavy atom. The predicted octanol–water partition coefficient (Wildman–Crippen LogP) is 0.0989. The van der Waals surface area contributed by atoms with Gasteiger partial charge >= 0.3 is 0 Å². The topological polar surface area (TPSA) is 102 Å². The largest absolute Gasteiger partial charge is 0.496 e. The van der Waals surface area contributed by atoms with Gasteiger partial charge in [-0.25, -0.2) is 0 Å². The van der Waals surface area contributed by atoms with Gasteiger partial charge in [0.1, 0.15) is 5.75 Å². The van der Waals surface area contributed by atoms with E-state index in [0.717, 1.165) is 38.2 Å². The number of nitrogens with one attached hydrogen (secondary N) is 2. The summed E-state index contributed by atoms with van der Waals surface area (Å²) in [5.41, 5.74) is 0.805. The fraction of sp³-hybridized carbons (Fsp3) is 0.636. The van der Waals surface area contributed by atoms with Crippen LogP contribution in [0.15, 0.2) is 12.1 Å². The van der Waals surface area contributed by atoms with Crippen LogP contribution in [0.4, 0.5) is 0 Å². The van der Waals surface area contributed by atoms with Crippen LogP contribution < -0.4 is 24.8 Å². The maximum atomic E-state index is 12.5. The molecule has 0 bridgehead atoms. The van der Waals surface area contributed by atoms with E-state index in [9.17, 15) is 9.59 Å². The van der Waals surface area contributed by atoms with Gasteiger partial charge in [-0.2, -0.15) is 0 Å². The minimum absolute atomic E-state index is 0.0242. The van der Waals surface area contributed by atoms with E-state index in [1.54, 1.807) is 40.6 Å². The zero-order valence-corrected chi connectivity index (χ0v) is 19.6. The van der Waals surface area contributed by atoms with Crippen LogP contribution in [-0.4, -0.2) is 102 Å². The third kappa shape index (κ3) is 8.18. The summed E-state index contributed by atoms with van der Waals surface area (Å²) < 4.78 is 21.0. The lowest BCUT2D eigenvalue weighted by Gasteiger charge is -2.33. The molecule has 0 atom stereocenters. The van der Waals surface area contributed by atoms with Crippen LogP contribution in [-0.2, 0) is 20.9 Å². The van der Waals surface area contributed by atoms with Crippen molar-refractivity contribution >= 4 is 11.8 Å². The van der Waals surface area contributed by atoms with Crippen molar-refractivity contribution in [1.29, 1.82) is 0 Å². The van der Waals surface area contributed by atoms with Crippen molar-refractivity contribution in [3.8, 4) is 17.2 Å². The molecule has 2 amide bonds. The lowest BCUT2D eigenvalue weighted by atomic mass is 10.1. The molecule has 1 heterocycles. The van der Waals surface area contributed by atoms with E-state index >= 15 is 0 Å². The average molecular weight is 453 g/mol. The number of benzene rings is 1. The molecular weight excluding hydrogens is 416 g/mol. The normalized spacial score (nSPS) is 14.6. The van der Waals surface area contributed by atoms with Crippen LogP contribution in [0.2, 0.25) is 0 Å². The molecule has 0 saturated carbocycles. The van der Waals surface area contributed by atoms with Crippen molar-refractivity contribution in [3.05, 3.63) is 17.7 Å². The zero-order chi connectivity index (χ0) is 23.3. The highest BCUT2D eigenvalue weighted by Gasteiger charge is 2.21. The second kappa shape index (κ2) is 13.8. The fourth-order valence-electron chi connectivity index (χ4n) is 3.49. The van der Waals surface area contributed by atoms with Crippen molar-refractivity contribution in [2.45, 2.75) is 13.0 Å². The van der Waals surface area contributed by atoms with Gasteiger partial charge in [-0.1, -0.05) is 0 Å². The first-order valence-electron chi connectivity index (χ1n) is 10.8. The van der Waals surface area contributed by atoms with E-state index in [-0.39, 0.29) is 11.8 Å². The average Bonchev–Trinajstić information content (AvgIpc) is 2.81. The SMILES string of the molecule is COCCCNC(=O)CN1CCN(CC(=O)NCc2cc(OC)c(OC)cc2OC)CC1. The molecule has 1 aromatic carbocycles. The molecule has 180 valence electrons. The number of nitrogens with zero attached hydrogens (tertiary/aromatic N) is 2. The zero-order valence-electron chi connectivity index (χ0n) is 19.6. The molecule has 0 aromatic heterocycles. The fourth-order valence-corrected chi connectivity index (χ4v) is 3.49. The van der Waals surface area contributed by atoms with Gasteiger partial charge in [-0.15, -0.1) is 0 Å². The molecule has 10 heteroatoms. The van der Waals surface area contributed by atoms with E-state index < -0.39 is 0 Å². The molecule has 0 aliphatic carbocycles. The van der Waals surface area contributed by atoms with Crippen molar-refractivity contribution < 1.29 is 28.5 Å². The van der Waals surface area contributed by atoms with E-state index in [1.165, 1.54) is 0 Å². The van der Waals surface area contributed by atoms with E-state index in [4.69, 9.17) is 18.9 Å². The quantitative estimate of drug-likeness (QED) is 0.407. The second-order valence-electron chi connectivity index (χ2n) is 7.54. The number of methoxy groups -OCH3 is 4.